The number of aliphatic hydroxyl groups excluding tert-OH is 1. The van der Waals surface area contributed by atoms with E-state index in [2.05, 4.69) is 17.2 Å². The van der Waals surface area contributed by atoms with Gasteiger partial charge < -0.3 is 29.7 Å². The van der Waals surface area contributed by atoms with Gasteiger partial charge in [-0.2, -0.15) is 0 Å². The minimum absolute atomic E-state index is 0.00840. The van der Waals surface area contributed by atoms with Crippen molar-refractivity contribution in [1.29, 1.82) is 0 Å². The van der Waals surface area contributed by atoms with Crippen LogP contribution in [0.3, 0.4) is 0 Å². The fourth-order valence-electron chi connectivity index (χ4n) is 5.39. The first kappa shape index (κ1) is 28.3. The van der Waals surface area contributed by atoms with E-state index in [0.29, 0.717) is 5.75 Å². The Bertz CT molecular complexity index is 1790. The maximum absolute atomic E-state index is 13.7. The predicted octanol–water partition coefficient (Wildman–Crippen LogP) is 4.79. The number of nitrogens with one attached hydrogen (secondary N) is 1. The molecule has 9 nitrogen and oxygen atoms in total. The van der Waals surface area contributed by atoms with Crippen LogP contribution in [-0.4, -0.2) is 41.4 Å². The third-order valence-electron chi connectivity index (χ3n) is 7.45. The molecule has 0 saturated heterocycles. The average molecular weight is 568 g/mol. The molecular formula is C33H29NO8. The summed E-state index contributed by atoms with van der Waals surface area (Å²) in [6, 6.07) is 12.6. The van der Waals surface area contributed by atoms with E-state index in [4.69, 9.17) is 14.2 Å². The van der Waals surface area contributed by atoms with E-state index in [1.807, 2.05) is 43.3 Å². The van der Waals surface area contributed by atoms with Crippen LogP contribution in [0.4, 0.5) is 0 Å². The third kappa shape index (κ3) is 4.51. The van der Waals surface area contributed by atoms with Crippen molar-refractivity contribution in [2.75, 3.05) is 13.7 Å². The number of phenols is 1. The summed E-state index contributed by atoms with van der Waals surface area (Å²) in [4.78, 5) is 39.3. The quantitative estimate of drug-likeness (QED) is 0.274. The topological polar surface area (TPSA) is 131 Å². The van der Waals surface area contributed by atoms with E-state index in [-0.39, 0.29) is 47.3 Å². The van der Waals surface area contributed by atoms with Crippen LogP contribution in [0.15, 0.2) is 65.6 Å². The van der Waals surface area contributed by atoms with Crippen molar-refractivity contribution in [3.8, 4) is 34.8 Å². The van der Waals surface area contributed by atoms with Crippen molar-refractivity contribution in [2.45, 2.75) is 39.2 Å². The van der Waals surface area contributed by atoms with Crippen molar-refractivity contribution in [1.82, 2.24) is 5.32 Å². The van der Waals surface area contributed by atoms with Gasteiger partial charge in [0.05, 0.1) is 12.7 Å². The highest BCUT2D eigenvalue weighted by Gasteiger charge is 2.55. The highest BCUT2D eigenvalue weighted by molar-refractivity contribution is 6.25. The van der Waals surface area contributed by atoms with Gasteiger partial charge in [0, 0.05) is 30.5 Å². The lowest BCUT2D eigenvalue weighted by Gasteiger charge is -2.27. The molecule has 3 aromatic rings. The van der Waals surface area contributed by atoms with Crippen molar-refractivity contribution in [3.05, 3.63) is 82.3 Å². The van der Waals surface area contributed by atoms with Crippen molar-refractivity contribution in [2.24, 2.45) is 0 Å². The van der Waals surface area contributed by atoms with E-state index in [1.54, 1.807) is 0 Å². The summed E-state index contributed by atoms with van der Waals surface area (Å²) in [5, 5.41) is 26.0. The van der Waals surface area contributed by atoms with Gasteiger partial charge in [-0.25, -0.2) is 0 Å². The molecule has 5 rings (SSSR count). The normalized spacial score (nSPS) is 17.0. The van der Waals surface area contributed by atoms with Crippen LogP contribution in [-0.2, 0) is 21.5 Å². The number of carbonyl (C=O) groups is 3. The van der Waals surface area contributed by atoms with Crippen LogP contribution in [0.5, 0.6) is 23.0 Å². The molecule has 1 heterocycles. The van der Waals surface area contributed by atoms with E-state index in [1.165, 1.54) is 20.1 Å². The number of fused-ring (bicyclic) bond motifs is 4. The van der Waals surface area contributed by atoms with Crippen molar-refractivity contribution < 1.29 is 38.8 Å². The van der Waals surface area contributed by atoms with Gasteiger partial charge in [-0.3, -0.25) is 14.4 Å². The molecule has 214 valence electrons. The fourth-order valence-corrected chi connectivity index (χ4v) is 5.39. The van der Waals surface area contributed by atoms with E-state index >= 15 is 0 Å². The highest BCUT2D eigenvalue weighted by atomic mass is 16.5. The summed E-state index contributed by atoms with van der Waals surface area (Å²) >= 11 is 0. The van der Waals surface area contributed by atoms with E-state index < -0.39 is 34.2 Å². The Labute approximate surface area is 242 Å². The minimum Gasteiger partial charge on any atom is -0.507 e. The smallest absolute Gasteiger partial charge is 0.259 e. The molecule has 0 radical (unpaired) electrons. The Morgan fingerprint density at radius 2 is 1.81 bits per heavy atom. The molecule has 1 atom stereocenters. The Kier molecular flexibility index (Phi) is 7.40. The number of Topliss-reactive ketones (excluding diaryl/α,β-unsaturated/α-hetero) is 2. The summed E-state index contributed by atoms with van der Waals surface area (Å²) < 4.78 is 17.2. The molecule has 3 N–H and O–H groups in total. The van der Waals surface area contributed by atoms with Crippen molar-refractivity contribution in [3.63, 3.8) is 0 Å². The summed E-state index contributed by atoms with van der Waals surface area (Å²) in [6.07, 6.45) is 1.91. The predicted molar refractivity (Wildman–Crippen MR) is 155 cm³/mol. The lowest BCUT2D eigenvalue weighted by Crippen LogP contribution is -2.38. The Hall–Kier alpha value is -5.23. The third-order valence-corrected chi connectivity index (χ3v) is 7.45. The van der Waals surface area contributed by atoms with Gasteiger partial charge in [0.15, 0.2) is 17.3 Å². The molecule has 0 aromatic heterocycles. The molecule has 42 heavy (non-hydrogen) atoms. The molecule has 0 fully saturated rings. The zero-order valence-electron chi connectivity index (χ0n) is 23.6. The summed E-state index contributed by atoms with van der Waals surface area (Å²) in [5.74, 6) is 3.66. The highest BCUT2D eigenvalue weighted by Crippen LogP contribution is 2.56. The van der Waals surface area contributed by atoms with Gasteiger partial charge in [-0.15, -0.1) is 5.92 Å². The summed E-state index contributed by atoms with van der Waals surface area (Å²) in [5.41, 5.74) is -1.26. The van der Waals surface area contributed by atoms with Crippen molar-refractivity contribution >= 4 is 28.2 Å². The molecule has 2 aliphatic rings. The maximum atomic E-state index is 13.7. The lowest BCUT2D eigenvalue weighted by atomic mass is 9.71. The number of carbonyl (C=O) groups excluding carboxylic acids is 3. The number of aromatic hydroxyl groups is 1. The van der Waals surface area contributed by atoms with Gasteiger partial charge in [0.25, 0.3) is 5.91 Å². The van der Waals surface area contributed by atoms with Crippen LogP contribution in [0.1, 0.15) is 48.7 Å². The van der Waals surface area contributed by atoms with Gasteiger partial charge in [-0.05, 0) is 30.9 Å². The number of allylic oxidation sites excluding steroid dienone is 3. The summed E-state index contributed by atoms with van der Waals surface area (Å²) in [6.45, 7) is 5.00. The molecule has 1 amide bonds. The lowest BCUT2D eigenvalue weighted by molar-refractivity contribution is -0.123. The molecule has 9 heteroatoms. The Balaban J connectivity index is 1.49. The molecule has 3 aromatic carbocycles. The molecule has 0 unspecified atom stereocenters. The number of benzene rings is 3. The zero-order valence-corrected chi connectivity index (χ0v) is 23.6. The fraction of sp³-hybridized carbons (Fsp3) is 0.242. The molecule has 0 bridgehead atoms. The number of amides is 1. The molecular weight excluding hydrogens is 538 g/mol. The standard InChI is InChI=1S/C33H29NO8/c1-5-6-9-14-41-24-13-12-19(20-10-7-8-11-21(20)24)17-34-32(39)28-25(40-4)15-23(37)29-30(28)42-26-16-22(36)27(18(2)35)31(38)33(26,29)3/h7-8,10-13,15-16,36-37H,5,14,17H2,1-4H3,(H,34,39)/t33-/m1/s1. The first-order valence-electron chi connectivity index (χ1n) is 13.3. The number of hydrogen-bond acceptors (Lipinski definition) is 8. The van der Waals surface area contributed by atoms with Gasteiger partial charge >= 0.3 is 0 Å². The number of ether oxygens (including phenoxy) is 3. The SMILES string of the molecule is CCC#CCOc1ccc(CNC(=O)c2c(OC)cc(O)c3c2OC2=CC(O)=C(C(C)=O)C(=O)[C@]23C)c2ccccc12. The molecule has 0 spiro atoms. The number of aliphatic hydroxyl groups is 1. The Morgan fingerprint density at radius 1 is 1.07 bits per heavy atom. The van der Waals surface area contributed by atoms with Crippen LogP contribution in [0.25, 0.3) is 10.8 Å². The van der Waals surface area contributed by atoms with E-state index in [9.17, 15) is 24.6 Å². The van der Waals surface area contributed by atoms with Crippen LogP contribution >= 0.6 is 0 Å². The number of methoxy groups -OCH3 is 1. The number of hydrogen-bond donors (Lipinski definition) is 3. The maximum Gasteiger partial charge on any atom is 0.259 e. The summed E-state index contributed by atoms with van der Waals surface area (Å²) in [7, 11) is 1.34. The first-order chi connectivity index (χ1) is 20.1. The largest absolute Gasteiger partial charge is 0.507 e. The second-order valence-electron chi connectivity index (χ2n) is 10.0. The van der Waals surface area contributed by atoms with Gasteiger partial charge in [0.2, 0.25) is 0 Å². The zero-order chi connectivity index (χ0) is 30.2. The van der Waals surface area contributed by atoms with Gasteiger partial charge in [-0.1, -0.05) is 43.2 Å². The first-order valence-corrected chi connectivity index (χ1v) is 13.3. The molecule has 1 aliphatic carbocycles. The number of ketones is 2. The Morgan fingerprint density at radius 3 is 2.50 bits per heavy atom. The second kappa shape index (κ2) is 11.0. The number of rotatable bonds is 7. The van der Waals surface area contributed by atoms with Gasteiger partial charge in [0.1, 0.15) is 51.9 Å². The monoisotopic (exact) mass is 567 g/mol. The number of phenolic OH excluding ortho intramolecular Hbond substituents is 1. The molecule has 1 aliphatic heterocycles. The van der Waals surface area contributed by atoms with Crippen LogP contribution in [0, 0.1) is 11.8 Å². The minimum atomic E-state index is -1.64. The van der Waals surface area contributed by atoms with E-state index in [0.717, 1.165) is 35.8 Å². The molecule has 0 saturated carbocycles. The second-order valence-corrected chi connectivity index (χ2v) is 10.0. The average Bonchev–Trinajstić information content (AvgIpc) is 3.27. The van der Waals surface area contributed by atoms with Crippen LogP contribution < -0.4 is 19.5 Å². The van der Waals surface area contributed by atoms with Crippen LogP contribution in [0.2, 0.25) is 0 Å².